The summed E-state index contributed by atoms with van der Waals surface area (Å²) in [7, 11) is -0.957. The summed E-state index contributed by atoms with van der Waals surface area (Å²) in [6, 6.07) is 36.1. The van der Waals surface area contributed by atoms with E-state index in [9.17, 15) is 0 Å². The van der Waals surface area contributed by atoms with Crippen molar-refractivity contribution < 1.29 is 8.83 Å². The fourth-order valence-electron chi connectivity index (χ4n) is 4.88. The summed E-state index contributed by atoms with van der Waals surface area (Å²) in [6.45, 7) is 0. The summed E-state index contributed by atoms with van der Waals surface area (Å²) in [5.74, 6) is 0. The Morgan fingerprint density at radius 3 is 1.34 bits per heavy atom. The quantitative estimate of drug-likeness (QED) is 0.190. The van der Waals surface area contributed by atoms with Crippen LogP contribution in [0.4, 0.5) is 0 Å². The summed E-state index contributed by atoms with van der Waals surface area (Å²) in [4.78, 5) is 0. The molecule has 0 atom stereocenters. The lowest BCUT2D eigenvalue weighted by Gasteiger charge is -2.19. The lowest BCUT2D eigenvalue weighted by atomic mass is 10.1. The fourth-order valence-corrected chi connectivity index (χ4v) is 8.27. The minimum Gasteiger partial charge on any atom is -0.454 e. The molecule has 2 aromatic heterocycles. The molecule has 2 heterocycles. The average molecular weight is 600 g/mol. The first kappa shape index (κ1) is 21.4. The van der Waals surface area contributed by atoms with Gasteiger partial charge in [-0.1, -0.05) is 91.0 Å². The molecule has 5 aromatic carbocycles. The Morgan fingerprint density at radius 2 is 0.857 bits per heavy atom. The van der Waals surface area contributed by atoms with E-state index in [1.165, 1.54) is 15.9 Å². The second kappa shape index (κ2) is 8.34. The highest BCUT2D eigenvalue weighted by molar-refractivity contribution is 9.11. The zero-order valence-electron chi connectivity index (χ0n) is 18.3. The Morgan fingerprint density at radius 1 is 0.429 bits per heavy atom. The Kier molecular flexibility index (Phi) is 5.10. The van der Waals surface area contributed by atoms with Gasteiger partial charge in [0, 0.05) is 32.2 Å². The van der Waals surface area contributed by atoms with Gasteiger partial charge in [-0.3, -0.25) is 0 Å². The molecule has 0 aliphatic rings. The summed E-state index contributed by atoms with van der Waals surface area (Å²) >= 11 is 7.35. The van der Waals surface area contributed by atoms with E-state index in [0.717, 1.165) is 52.8 Å². The van der Waals surface area contributed by atoms with E-state index in [1.807, 2.05) is 12.1 Å². The van der Waals surface area contributed by atoms with Gasteiger partial charge in [-0.15, -0.1) is 0 Å². The maximum absolute atomic E-state index is 6.56. The van der Waals surface area contributed by atoms with Crippen LogP contribution in [-0.4, -0.2) is 0 Å². The van der Waals surface area contributed by atoms with Gasteiger partial charge in [0.1, 0.15) is 22.3 Å². The number of halogens is 2. The van der Waals surface area contributed by atoms with E-state index in [-0.39, 0.29) is 0 Å². The second-order valence-electron chi connectivity index (χ2n) is 8.42. The predicted octanol–water partition coefficient (Wildman–Crippen LogP) is 8.77. The zero-order valence-corrected chi connectivity index (χ0v) is 22.4. The van der Waals surface area contributed by atoms with Gasteiger partial charge in [0.05, 0.1) is 8.95 Å². The molecule has 0 N–H and O–H groups in total. The van der Waals surface area contributed by atoms with E-state index in [1.54, 1.807) is 0 Å². The van der Waals surface area contributed by atoms with Crippen molar-refractivity contribution in [1.82, 2.24) is 0 Å². The van der Waals surface area contributed by atoms with E-state index in [2.05, 4.69) is 123 Å². The first-order valence-corrected chi connectivity index (χ1v) is 14.2. The first-order valence-electron chi connectivity index (χ1n) is 11.3. The maximum atomic E-state index is 6.56. The SMILES string of the molecule is Brc1cccc2c1oc1c(P(c3ccccc3)c3cccc4c3oc3c(Br)cccc34)cccc12. The summed E-state index contributed by atoms with van der Waals surface area (Å²) in [5, 5.41) is 8.10. The smallest absolute Gasteiger partial charge is 0.149 e. The number of furan rings is 2. The molecule has 0 amide bonds. The largest absolute Gasteiger partial charge is 0.454 e. The average Bonchev–Trinajstić information content (AvgIpc) is 3.47. The van der Waals surface area contributed by atoms with Crippen molar-refractivity contribution in [3.63, 3.8) is 0 Å². The third-order valence-electron chi connectivity index (χ3n) is 6.41. The minimum absolute atomic E-state index is 0.879. The van der Waals surface area contributed by atoms with Crippen LogP contribution in [0, 0.1) is 0 Å². The van der Waals surface area contributed by atoms with Crippen molar-refractivity contribution in [1.29, 1.82) is 0 Å². The second-order valence-corrected chi connectivity index (χ2v) is 12.3. The molecule has 2 nitrogen and oxygen atoms in total. The summed E-state index contributed by atoms with van der Waals surface area (Å²) in [5.41, 5.74) is 3.62. The first-order chi connectivity index (χ1) is 17.2. The van der Waals surface area contributed by atoms with E-state index < -0.39 is 7.92 Å². The van der Waals surface area contributed by atoms with E-state index in [4.69, 9.17) is 8.83 Å². The number of hydrogen-bond donors (Lipinski definition) is 0. The van der Waals surface area contributed by atoms with Crippen molar-refractivity contribution in [2.75, 3.05) is 0 Å². The normalized spacial score (nSPS) is 12.0. The maximum Gasteiger partial charge on any atom is 0.149 e. The topological polar surface area (TPSA) is 26.3 Å². The van der Waals surface area contributed by atoms with Crippen LogP contribution in [0.3, 0.4) is 0 Å². The van der Waals surface area contributed by atoms with Crippen molar-refractivity contribution in [2.45, 2.75) is 0 Å². The van der Waals surface area contributed by atoms with Gasteiger partial charge < -0.3 is 8.83 Å². The molecule has 5 heteroatoms. The molecule has 7 aromatic rings. The molecule has 0 aliphatic carbocycles. The van der Waals surface area contributed by atoms with Gasteiger partial charge in [-0.2, -0.15) is 0 Å². The highest BCUT2D eigenvalue weighted by atomic mass is 79.9. The molecule has 0 aliphatic heterocycles. The monoisotopic (exact) mass is 598 g/mol. The van der Waals surface area contributed by atoms with Gasteiger partial charge in [0.25, 0.3) is 0 Å². The van der Waals surface area contributed by atoms with Crippen LogP contribution in [0.2, 0.25) is 0 Å². The number of rotatable bonds is 3. The van der Waals surface area contributed by atoms with Crippen LogP contribution in [0.15, 0.2) is 121 Å². The molecule has 0 saturated carbocycles. The Hall–Kier alpha value is -2.91. The molecule has 0 saturated heterocycles. The molecule has 0 unspecified atom stereocenters. The van der Waals surface area contributed by atoms with Crippen LogP contribution in [-0.2, 0) is 0 Å². The molecule has 0 bridgehead atoms. The standard InChI is InChI=1S/C30H17Br2O2P/c31-23-14-4-10-19-21-12-6-16-25(29(21)33-27(19)23)35(18-8-2-1-3-9-18)26-17-7-13-22-20-11-5-15-24(32)28(20)34-30(22)26/h1-17H. The molecule has 0 radical (unpaired) electrons. The van der Waals surface area contributed by atoms with Crippen molar-refractivity contribution in [3.05, 3.63) is 112 Å². The van der Waals surface area contributed by atoms with Gasteiger partial charge in [0.15, 0.2) is 0 Å². The Labute approximate surface area is 219 Å². The lowest BCUT2D eigenvalue weighted by Crippen LogP contribution is -2.21. The van der Waals surface area contributed by atoms with Crippen molar-refractivity contribution >= 4 is 99.6 Å². The highest BCUT2D eigenvalue weighted by Gasteiger charge is 2.26. The van der Waals surface area contributed by atoms with Crippen LogP contribution < -0.4 is 15.9 Å². The summed E-state index contributed by atoms with van der Waals surface area (Å²) < 4.78 is 15.0. The minimum atomic E-state index is -0.957. The number of fused-ring (bicyclic) bond motifs is 6. The molecular formula is C30H17Br2O2P. The van der Waals surface area contributed by atoms with Gasteiger partial charge in [0.2, 0.25) is 0 Å². The van der Waals surface area contributed by atoms with Gasteiger partial charge >= 0.3 is 0 Å². The third kappa shape index (κ3) is 3.31. The molecule has 0 spiro atoms. The van der Waals surface area contributed by atoms with Crippen LogP contribution in [0.5, 0.6) is 0 Å². The predicted molar refractivity (Wildman–Crippen MR) is 155 cm³/mol. The number of para-hydroxylation sites is 4. The van der Waals surface area contributed by atoms with E-state index >= 15 is 0 Å². The Bertz CT molecular complexity index is 1770. The number of benzene rings is 5. The molecule has 168 valence electrons. The summed E-state index contributed by atoms with van der Waals surface area (Å²) in [6.07, 6.45) is 0. The van der Waals surface area contributed by atoms with Crippen LogP contribution in [0.25, 0.3) is 43.9 Å². The molecular weight excluding hydrogens is 583 g/mol. The van der Waals surface area contributed by atoms with E-state index in [0.29, 0.717) is 0 Å². The van der Waals surface area contributed by atoms with Crippen molar-refractivity contribution in [2.24, 2.45) is 0 Å². The third-order valence-corrected chi connectivity index (χ3v) is 10.1. The van der Waals surface area contributed by atoms with Crippen LogP contribution >= 0.6 is 39.8 Å². The highest BCUT2D eigenvalue weighted by Crippen LogP contribution is 2.43. The van der Waals surface area contributed by atoms with Gasteiger partial charge in [-0.05, 0) is 57.2 Å². The van der Waals surface area contributed by atoms with Gasteiger partial charge in [-0.25, -0.2) is 0 Å². The number of hydrogen-bond acceptors (Lipinski definition) is 2. The lowest BCUT2D eigenvalue weighted by molar-refractivity contribution is 0.669. The molecule has 0 fully saturated rings. The van der Waals surface area contributed by atoms with Crippen LogP contribution in [0.1, 0.15) is 0 Å². The fraction of sp³-hybridized carbons (Fsp3) is 0. The Balaban J connectivity index is 1.59. The van der Waals surface area contributed by atoms with Crippen molar-refractivity contribution in [3.8, 4) is 0 Å². The molecule has 7 rings (SSSR count). The molecule has 35 heavy (non-hydrogen) atoms. The zero-order chi connectivity index (χ0) is 23.5.